The van der Waals surface area contributed by atoms with Gasteiger partial charge in [0.15, 0.2) is 0 Å². The van der Waals surface area contributed by atoms with E-state index in [1.807, 2.05) is 0 Å². The second-order valence-corrected chi connectivity index (χ2v) is 8.25. The third kappa shape index (κ3) is 2.73. The Morgan fingerprint density at radius 2 is 2.06 bits per heavy atom. The van der Waals surface area contributed by atoms with Crippen LogP contribution in [0.4, 0.5) is 0 Å². The third-order valence-electron chi connectivity index (χ3n) is 5.18. The van der Waals surface area contributed by atoms with E-state index >= 15 is 0 Å². The van der Waals surface area contributed by atoms with Crippen molar-refractivity contribution in [2.24, 2.45) is 11.8 Å². The van der Waals surface area contributed by atoms with Gasteiger partial charge < -0.3 is 5.32 Å². The molecule has 0 aromatic heterocycles. The van der Waals surface area contributed by atoms with Gasteiger partial charge in [-0.1, -0.05) is 13.8 Å². The first-order chi connectivity index (χ1) is 8.63. The summed E-state index contributed by atoms with van der Waals surface area (Å²) in [4.78, 5) is 2.83. The zero-order valence-electron chi connectivity index (χ0n) is 12.1. The van der Waals surface area contributed by atoms with E-state index in [9.17, 15) is 0 Å². The van der Waals surface area contributed by atoms with Gasteiger partial charge in [-0.25, -0.2) is 0 Å². The molecule has 3 heteroatoms. The summed E-state index contributed by atoms with van der Waals surface area (Å²) in [5, 5.41) is 3.82. The maximum atomic E-state index is 3.82. The number of thioether (sulfide) groups is 1. The van der Waals surface area contributed by atoms with Gasteiger partial charge in [-0.05, 0) is 43.8 Å². The van der Waals surface area contributed by atoms with Crippen LogP contribution in [0.2, 0.25) is 0 Å². The molecule has 0 aromatic rings. The molecule has 2 saturated carbocycles. The van der Waals surface area contributed by atoms with Crippen molar-refractivity contribution in [2.75, 3.05) is 25.9 Å². The zero-order chi connectivity index (χ0) is 12.8. The molecule has 0 radical (unpaired) electrons. The van der Waals surface area contributed by atoms with Crippen molar-refractivity contribution in [3.05, 3.63) is 0 Å². The van der Waals surface area contributed by atoms with Crippen LogP contribution in [-0.4, -0.2) is 47.6 Å². The molecule has 3 aliphatic rings. The van der Waals surface area contributed by atoms with Crippen molar-refractivity contribution in [2.45, 2.75) is 56.4 Å². The Morgan fingerprint density at radius 1 is 1.33 bits per heavy atom. The molecule has 0 spiro atoms. The highest BCUT2D eigenvalue weighted by Gasteiger charge is 2.46. The minimum atomic E-state index is 0.624. The third-order valence-corrected chi connectivity index (χ3v) is 6.59. The van der Waals surface area contributed by atoms with Crippen molar-refractivity contribution < 1.29 is 0 Å². The van der Waals surface area contributed by atoms with E-state index in [2.05, 4.69) is 42.1 Å². The molecule has 1 heterocycles. The zero-order valence-corrected chi connectivity index (χ0v) is 12.9. The highest BCUT2D eigenvalue weighted by atomic mass is 32.2. The summed E-state index contributed by atoms with van der Waals surface area (Å²) in [6.07, 6.45) is 8.11. The number of rotatable bonds is 5. The molecule has 2 unspecified atom stereocenters. The molecule has 1 saturated heterocycles. The van der Waals surface area contributed by atoms with Crippen molar-refractivity contribution in [1.82, 2.24) is 10.2 Å². The number of piperazine rings is 1. The lowest BCUT2D eigenvalue weighted by atomic mass is 9.96. The minimum Gasteiger partial charge on any atom is -0.311 e. The van der Waals surface area contributed by atoms with E-state index in [1.54, 1.807) is 0 Å². The summed E-state index contributed by atoms with van der Waals surface area (Å²) in [6.45, 7) is 8.62. The molecule has 0 amide bonds. The summed E-state index contributed by atoms with van der Waals surface area (Å²) in [5.41, 5.74) is 0. The van der Waals surface area contributed by atoms with Crippen LogP contribution in [0.15, 0.2) is 0 Å². The highest BCUT2D eigenvalue weighted by molar-refractivity contribution is 8.00. The van der Waals surface area contributed by atoms with Crippen molar-refractivity contribution in [3.63, 3.8) is 0 Å². The molecule has 18 heavy (non-hydrogen) atoms. The molecule has 3 fully saturated rings. The Bertz CT molecular complexity index is 297. The lowest BCUT2D eigenvalue weighted by molar-refractivity contribution is 0.0910. The maximum Gasteiger partial charge on any atom is 0.0285 e. The Hall–Kier alpha value is 0.270. The van der Waals surface area contributed by atoms with Crippen LogP contribution in [-0.2, 0) is 0 Å². The van der Waals surface area contributed by atoms with E-state index in [0.717, 1.165) is 23.9 Å². The van der Waals surface area contributed by atoms with Gasteiger partial charge in [-0.15, -0.1) is 0 Å². The average molecular weight is 268 g/mol. The summed E-state index contributed by atoms with van der Waals surface area (Å²) >= 11 is 2.11. The molecule has 0 aromatic carbocycles. The Kier molecular flexibility index (Phi) is 3.68. The first-order valence-electron chi connectivity index (χ1n) is 7.66. The summed E-state index contributed by atoms with van der Waals surface area (Å²) in [5.74, 6) is 1.76. The monoisotopic (exact) mass is 268 g/mol. The molecule has 0 bridgehead atoms. The van der Waals surface area contributed by atoms with E-state index in [1.165, 1.54) is 45.3 Å². The molecule has 1 N–H and O–H groups in total. The van der Waals surface area contributed by atoms with Crippen molar-refractivity contribution in [3.8, 4) is 0 Å². The van der Waals surface area contributed by atoms with Crippen LogP contribution in [0.3, 0.4) is 0 Å². The quantitative estimate of drug-likeness (QED) is 0.825. The largest absolute Gasteiger partial charge is 0.311 e. The van der Waals surface area contributed by atoms with E-state index < -0.39 is 0 Å². The fraction of sp³-hybridized carbons (Fsp3) is 1.00. The number of hydrogen-bond acceptors (Lipinski definition) is 3. The van der Waals surface area contributed by atoms with Crippen LogP contribution in [0.5, 0.6) is 0 Å². The normalized spacial score (nSPS) is 36.0. The highest BCUT2D eigenvalue weighted by Crippen LogP contribution is 2.48. The molecule has 2 nitrogen and oxygen atoms in total. The first kappa shape index (κ1) is 13.3. The molecule has 2 aliphatic carbocycles. The van der Waals surface area contributed by atoms with Gasteiger partial charge >= 0.3 is 0 Å². The number of hydrogen-bond donors (Lipinski definition) is 1. The molecular weight excluding hydrogens is 240 g/mol. The summed E-state index contributed by atoms with van der Waals surface area (Å²) in [6, 6.07) is 1.54. The maximum absolute atomic E-state index is 3.82. The molecule has 3 rings (SSSR count). The van der Waals surface area contributed by atoms with Crippen LogP contribution < -0.4 is 5.32 Å². The Labute approximate surface area is 116 Å². The standard InChI is InChI=1S/C15H28N2S/c1-11(2)14-8-16-13(12-4-5-12)9-17(14)10-15(18-3)6-7-15/h11-14,16H,4-10H2,1-3H3. The predicted octanol–water partition coefficient (Wildman–Crippen LogP) is 2.59. The Balaban J connectivity index is 1.64. The molecule has 104 valence electrons. The summed E-state index contributed by atoms with van der Waals surface area (Å²) in [7, 11) is 0. The lowest BCUT2D eigenvalue weighted by Gasteiger charge is -2.44. The van der Waals surface area contributed by atoms with Crippen LogP contribution in [0, 0.1) is 11.8 Å². The predicted molar refractivity (Wildman–Crippen MR) is 80.2 cm³/mol. The Morgan fingerprint density at radius 3 is 2.56 bits per heavy atom. The second kappa shape index (κ2) is 4.99. The number of nitrogens with zero attached hydrogens (tertiary/aromatic N) is 1. The SMILES string of the molecule is CSC1(CN2CC(C3CC3)NCC2C(C)C)CC1. The minimum absolute atomic E-state index is 0.624. The van der Waals surface area contributed by atoms with E-state index in [0.29, 0.717) is 4.75 Å². The van der Waals surface area contributed by atoms with Crippen LogP contribution >= 0.6 is 11.8 Å². The van der Waals surface area contributed by atoms with Crippen molar-refractivity contribution in [1.29, 1.82) is 0 Å². The topological polar surface area (TPSA) is 15.3 Å². The van der Waals surface area contributed by atoms with Gasteiger partial charge in [0.25, 0.3) is 0 Å². The van der Waals surface area contributed by atoms with Gasteiger partial charge in [0.05, 0.1) is 0 Å². The second-order valence-electron chi connectivity index (χ2n) is 6.98. The van der Waals surface area contributed by atoms with Gasteiger partial charge in [0, 0.05) is 36.5 Å². The lowest BCUT2D eigenvalue weighted by Crippen LogP contribution is -2.60. The van der Waals surface area contributed by atoms with E-state index in [-0.39, 0.29) is 0 Å². The van der Waals surface area contributed by atoms with Gasteiger partial charge in [0.1, 0.15) is 0 Å². The summed E-state index contributed by atoms with van der Waals surface area (Å²) < 4.78 is 0.624. The fourth-order valence-corrected chi connectivity index (χ4v) is 4.25. The van der Waals surface area contributed by atoms with Crippen LogP contribution in [0.25, 0.3) is 0 Å². The van der Waals surface area contributed by atoms with Gasteiger partial charge in [-0.2, -0.15) is 11.8 Å². The fourth-order valence-electron chi connectivity index (χ4n) is 3.44. The molecule has 2 atom stereocenters. The number of nitrogens with one attached hydrogen (secondary N) is 1. The van der Waals surface area contributed by atoms with Crippen LogP contribution in [0.1, 0.15) is 39.5 Å². The van der Waals surface area contributed by atoms with E-state index in [4.69, 9.17) is 0 Å². The average Bonchev–Trinajstić information content (AvgIpc) is 3.24. The van der Waals surface area contributed by atoms with Gasteiger partial charge in [0.2, 0.25) is 0 Å². The van der Waals surface area contributed by atoms with Gasteiger partial charge in [-0.3, -0.25) is 4.90 Å². The molecular formula is C15H28N2S. The van der Waals surface area contributed by atoms with Crippen molar-refractivity contribution >= 4 is 11.8 Å². The first-order valence-corrected chi connectivity index (χ1v) is 8.89. The molecule has 1 aliphatic heterocycles. The smallest absolute Gasteiger partial charge is 0.0285 e.